The molecule has 5 heteroatoms. The number of hydrogen-bond acceptors (Lipinski definition) is 4. The fraction of sp³-hybridized carbons (Fsp3) is 0.611. The van der Waals surface area contributed by atoms with Crippen molar-refractivity contribution in [2.45, 2.75) is 64.6 Å². The minimum atomic E-state index is -0.461. The molecule has 128 valence electrons. The molecule has 23 heavy (non-hydrogen) atoms. The quantitative estimate of drug-likeness (QED) is 0.729. The highest BCUT2D eigenvalue weighted by molar-refractivity contribution is 5.68. The van der Waals surface area contributed by atoms with E-state index in [4.69, 9.17) is 10.5 Å². The molecule has 0 fully saturated rings. The Hall–Kier alpha value is -1.75. The molecule has 1 amide bonds. The zero-order chi connectivity index (χ0) is 17.0. The Morgan fingerprint density at radius 1 is 1.43 bits per heavy atom. The van der Waals surface area contributed by atoms with Crippen molar-refractivity contribution in [3.8, 4) is 0 Å². The molecule has 0 aliphatic heterocycles. The number of carbonyl (C=O) groups is 1. The van der Waals surface area contributed by atoms with Crippen LogP contribution in [0.1, 0.15) is 57.7 Å². The van der Waals surface area contributed by atoms with E-state index in [1.54, 1.807) is 0 Å². The number of anilines is 1. The number of ether oxygens (including phenoxy) is 1. The molecule has 2 atom stereocenters. The van der Waals surface area contributed by atoms with Crippen molar-refractivity contribution in [3.63, 3.8) is 0 Å². The number of amides is 1. The van der Waals surface area contributed by atoms with Crippen molar-refractivity contribution >= 4 is 11.8 Å². The summed E-state index contributed by atoms with van der Waals surface area (Å²) in [5, 5.41) is 6.45. The molecule has 0 aromatic heterocycles. The maximum Gasteiger partial charge on any atom is 0.407 e. The van der Waals surface area contributed by atoms with Crippen molar-refractivity contribution in [3.05, 3.63) is 29.3 Å². The minimum Gasteiger partial charge on any atom is -0.444 e. The van der Waals surface area contributed by atoms with Crippen LogP contribution in [0.5, 0.6) is 0 Å². The predicted molar refractivity (Wildman–Crippen MR) is 93.4 cm³/mol. The van der Waals surface area contributed by atoms with E-state index in [1.807, 2.05) is 33.8 Å². The third-order valence-corrected chi connectivity index (χ3v) is 3.98. The van der Waals surface area contributed by atoms with Crippen LogP contribution in [0.4, 0.5) is 10.5 Å². The summed E-state index contributed by atoms with van der Waals surface area (Å²) in [5.74, 6) is 0. The Bertz CT molecular complexity index is 552. The van der Waals surface area contributed by atoms with Gasteiger partial charge in [0.05, 0.1) is 0 Å². The van der Waals surface area contributed by atoms with Gasteiger partial charge in [-0.25, -0.2) is 4.79 Å². The third kappa shape index (κ3) is 5.43. The van der Waals surface area contributed by atoms with Crippen molar-refractivity contribution in [2.24, 2.45) is 0 Å². The molecule has 0 bridgehead atoms. The number of benzene rings is 1. The normalized spacial score (nSPS) is 18.3. The van der Waals surface area contributed by atoms with Crippen molar-refractivity contribution in [1.29, 1.82) is 0 Å². The summed E-state index contributed by atoms with van der Waals surface area (Å²) in [5.41, 5.74) is 8.91. The van der Waals surface area contributed by atoms with Gasteiger partial charge >= 0.3 is 6.09 Å². The van der Waals surface area contributed by atoms with E-state index in [0.717, 1.165) is 31.5 Å². The van der Waals surface area contributed by atoms with Crippen LogP contribution in [0.15, 0.2) is 18.2 Å². The Balaban J connectivity index is 1.73. The molecule has 0 saturated heterocycles. The van der Waals surface area contributed by atoms with Crippen LogP contribution in [0.25, 0.3) is 0 Å². The molecule has 0 heterocycles. The average molecular weight is 319 g/mol. The first kappa shape index (κ1) is 17.6. The molecular weight excluding hydrogens is 290 g/mol. The highest BCUT2D eigenvalue weighted by atomic mass is 16.6. The first-order chi connectivity index (χ1) is 10.7. The van der Waals surface area contributed by atoms with Gasteiger partial charge < -0.3 is 21.1 Å². The SMILES string of the molecule is CC(CCNC1CCc2cc(N)ccc21)NC(=O)OC(C)(C)C. The van der Waals surface area contributed by atoms with E-state index in [0.29, 0.717) is 6.04 Å². The van der Waals surface area contributed by atoms with Gasteiger partial charge in [-0.2, -0.15) is 0 Å². The summed E-state index contributed by atoms with van der Waals surface area (Å²) < 4.78 is 5.26. The second kappa shape index (κ2) is 7.21. The van der Waals surface area contributed by atoms with Gasteiger partial charge in [0.2, 0.25) is 0 Å². The van der Waals surface area contributed by atoms with E-state index >= 15 is 0 Å². The van der Waals surface area contributed by atoms with Crippen LogP contribution in [0, 0.1) is 0 Å². The highest BCUT2D eigenvalue weighted by Gasteiger charge is 2.22. The van der Waals surface area contributed by atoms with Crippen LogP contribution >= 0.6 is 0 Å². The lowest BCUT2D eigenvalue weighted by Gasteiger charge is -2.22. The average Bonchev–Trinajstić information content (AvgIpc) is 2.78. The molecule has 0 spiro atoms. The number of alkyl carbamates (subject to hydrolysis) is 1. The molecule has 2 unspecified atom stereocenters. The molecule has 5 nitrogen and oxygen atoms in total. The standard InChI is InChI=1S/C18H29N3O2/c1-12(21-17(22)23-18(2,3)4)9-10-20-16-8-5-13-11-14(19)6-7-15(13)16/h6-7,11-12,16,20H,5,8-10,19H2,1-4H3,(H,21,22). The van der Waals surface area contributed by atoms with Crippen LogP contribution in [-0.2, 0) is 11.2 Å². The molecule has 0 saturated carbocycles. The largest absolute Gasteiger partial charge is 0.444 e. The number of aryl methyl sites for hydroxylation is 1. The van der Waals surface area contributed by atoms with Gasteiger partial charge in [0.25, 0.3) is 0 Å². The summed E-state index contributed by atoms with van der Waals surface area (Å²) >= 11 is 0. The highest BCUT2D eigenvalue weighted by Crippen LogP contribution is 2.32. The maximum absolute atomic E-state index is 11.7. The van der Waals surface area contributed by atoms with Crippen molar-refractivity contribution in [1.82, 2.24) is 10.6 Å². The van der Waals surface area contributed by atoms with Crippen LogP contribution in [0.2, 0.25) is 0 Å². The maximum atomic E-state index is 11.7. The molecule has 1 aromatic carbocycles. The van der Waals surface area contributed by atoms with Gasteiger partial charge in [-0.3, -0.25) is 0 Å². The number of hydrogen-bond donors (Lipinski definition) is 3. The molecule has 4 N–H and O–H groups in total. The summed E-state index contributed by atoms with van der Waals surface area (Å²) in [4.78, 5) is 11.7. The predicted octanol–water partition coefficient (Wildman–Crippen LogP) is 3.15. The third-order valence-electron chi connectivity index (χ3n) is 3.98. The number of nitrogen functional groups attached to an aromatic ring is 1. The fourth-order valence-electron chi connectivity index (χ4n) is 2.90. The van der Waals surface area contributed by atoms with Crippen molar-refractivity contribution < 1.29 is 9.53 Å². The monoisotopic (exact) mass is 319 g/mol. The summed E-state index contributed by atoms with van der Waals surface area (Å²) in [6, 6.07) is 6.62. The van der Waals surface area contributed by atoms with E-state index in [1.165, 1.54) is 11.1 Å². The lowest BCUT2D eigenvalue weighted by Crippen LogP contribution is -2.39. The number of fused-ring (bicyclic) bond motifs is 1. The van der Waals surface area contributed by atoms with Gasteiger partial charge in [0.15, 0.2) is 0 Å². The Morgan fingerprint density at radius 2 is 2.17 bits per heavy atom. The van der Waals surface area contributed by atoms with E-state index in [9.17, 15) is 4.79 Å². The van der Waals surface area contributed by atoms with Crippen LogP contribution < -0.4 is 16.4 Å². The second-order valence-corrected chi connectivity index (χ2v) is 7.34. The van der Waals surface area contributed by atoms with E-state index in [2.05, 4.69) is 22.8 Å². The summed E-state index contributed by atoms with van der Waals surface area (Å²) in [6.45, 7) is 8.44. The number of rotatable bonds is 5. The second-order valence-electron chi connectivity index (χ2n) is 7.34. The van der Waals surface area contributed by atoms with Gasteiger partial charge in [-0.1, -0.05) is 6.07 Å². The van der Waals surface area contributed by atoms with Gasteiger partial charge in [0.1, 0.15) is 5.60 Å². The number of nitrogens with one attached hydrogen (secondary N) is 2. The molecule has 1 aliphatic rings. The molecule has 0 radical (unpaired) electrons. The zero-order valence-corrected chi connectivity index (χ0v) is 14.6. The summed E-state index contributed by atoms with van der Waals surface area (Å²) in [6.07, 6.45) is 2.68. The Labute approximate surface area is 139 Å². The lowest BCUT2D eigenvalue weighted by molar-refractivity contribution is 0.0506. The first-order valence-electron chi connectivity index (χ1n) is 8.36. The molecule has 1 aromatic rings. The Morgan fingerprint density at radius 3 is 2.87 bits per heavy atom. The van der Waals surface area contributed by atoms with Crippen LogP contribution in [-0.4, -0.2) is 24.3 Å². The van der Waals surface area contributed by atoms with Gasteiger partial charge in [0, 0.05) is 17.8 Å². The number of nitrogens with two attached hydrogens (primary N) is 1. The molecule has 1 aliphatic carbocycles. The Kier molecular flexibility index (Phi) is 5.52. The summed E-state index contributed by atoms with van der Waals surface area (Å²) in [7, 11) is 0. The van der Waals surface area contributed by atoms with Crippen LogP contribution in [0.3, 0.4) is 0 Å². The molecule has 2 rings (SSSR count). The first-order valence-corrected chi connectivity index (χ1v) is 8.36. The zero-order valence-electron chi connectivity index (χ0n) is 14.6. The van der Waals surface area contributed by atoms with Gasteiger partial charge in [-0.15, -0.1) is 0 Å². The minimum absolute atomic E-state index is 0.0737. The van der Waals surface area contributed by atoms with E-state index < -0.39 is 5.60 Å². The topological polar surface area (TPSA) is 76.4 Å². The van der Waals surface area contributed by atoms with Gasteiger partial charge in [-0.05, 0) is 76.8 Å². The van der Waals surface area contributed by atoms with Crippen molar-refractivity contribution in [2.75, 3.05) is 12.3 Å². The fourth-order valence-corrected chi connectivity index (χ4v) is 2.90. The molecular formula is C18H29N3O2. The van der Waals surface area contributed by atoms with E-state index in [-0.39, 0.29) is 12.1 Å². The number of carbonyl (C=O) groups excluding carboxylic acids is 1. The smallest absolute Gasteiger partial charge is 0.407 e. The lowest BCUT2D eigenvalue weighted by atomic mass is 10.1.